The number of nitrogens with zero attached hydrogens (tertiary/aromatic N) is 2. The molecule has 5 nitrogen and oxygen atoms in total. The van der Waals surface area contributed by atoms with Gasteiger partial charge in [-0.15, -0.1) is 10.2 Å². The van der Waals surface area contributed by atoms with Crippen molar-refractivity contribution in [1.29, 1.82) is 0 Å². The molecule has 1 heterocycles. The number of hydrogen-bond donors (Lipinski definition) is 2. The highest BCUT2D eigenvalue weighted by molar-refractivity contribution is 8.03. The zero-order valence-corrected chi connectivity index (χ0v) is 14.6. The molecule has 0 aliphatic rings. The first-order chi connectivity index (χ1) is 9.41. The van der Waals surface area contributed by atoms with Crippen LogP contribution in [0.15, 0.2) is 8.68 Å². The lowest BCUT2D eigenvalue weighted by atomic mass is 9.96. The van der Waals surface area contributed by atoms with Gasteiger partial charge in [-0.1, -0.05) is 48.7 Å². The maximum atomic E-state index is 11.5. The molecule has 1 aromatic heterocycles. The quantitative estimate of drug-likeness (QED) is 0.672. The Bertz CT molecular complexity index is 441. The van der Waals surface area contributed by atoms with E-state index in [-0.39, 0.29) is 5.25 Å². The number of carboxylic acid groups (broad SMARTS) is 1. The zero-order valence-electron chi connectivity index (χ0n) is 12.2. The molecule has 0 fully saturated rings. The third-order valence-corrected chi connectivity index (χ3v) is 5.88. The van der Waals surface area contributed by atoms with Gasteiger partial charge in [0.1, 0.15) is 5.54 Å². The van der Waals surface area contributed by atoms with Crippen molar-refractivity contribution in [3.8, 4) is 0 Å². The van der Waals surface area contributed by atoms with E-state index in [1.807, 2.05) is 20.1 Å². The van der Waals surface area contributed by atoms with E-state index >= 15 is 0 Å². The van der Waals surface area contributed by atoms with Gasteiger partial charge in [0.2, 0.25) is 0 Å². The Morgan fingerprint density at radius 1 is 1.50 bits per heavy atom. The summed E-state index contributed by atoms with van der Waals surface area (Å²) in [5, 5.41) is 20.9. The van der Waals surface area contributed by atoms with Crippen LogP contribution >= 0.6 is 34.9 Å². The van der Waals surface area contributed by atoms with Gasteiger partial charge in [-0.05, 0) is 32.6 Å². The Balaban J connectivity index is 2.61. The van der Waals surface area contributed by atoms with Gasteiger partial charge >= 0.3 is 5.97 Å². The molecule has 1 aromatic rings. The minimum atomic E-state index is -0.893. The highest BCUT2D eigenvalue weighted by Gasteiger charge is 2.34. The van der Waals surface area contributed by atoms with E-state index in [9.17, 15) is 9.90 Å². The van der Waals surface area contributed by atoms with Crippen molar-refractivity contribution in [3.63, 3.8) is 0 Å². The van der Waals surface area contributed by atoms with Gasteiger partial charge in [0.25, 0.3) is 0 Å². The van der Waals surface area contributed by atoms with Crippen molar-refractivity contribution >= 4 is 40.8 Å². The molecule has 0 saturated carbocycles. The van der Waals surface area contributed by atoms with Crippen molar-refractivity contribution < 1.29 is 9.90 Å². The molecule has 2 atom stereocenters. The number of rotatable bonds is 9. The van der Waals surface area contributed by atoms with Crippen LogP contribution in [-0.4, -0.2) is 44.9 Å². The third kappa shape index (κ3) is 5.23. The monoisotopic (exact) mass is 335 g/mol. The Kier molecular flexibility index (Phi) is 7.28. The van der Waals surface area contributed by atoms with E-state index in [1.165, 1.54) is 0 Å². The fourth-order valence-electron chi connectivity index (χ4n) is 1.75. The van der Waals surface area contributed by atoms with Crippen LogP contribution in [0.25, 0.3) is 0 Å². The molecule has 0 amide bonds. The Morgan fingerprint density at radius 3 is 2.65 bits per heavy atom. The lowest BCUT2D eigenvalue weighted by Gasteiger charge is -2.28. The van der Waals surface area contributed by atoms with Gasteiger partial charge < -0.3 is 10.4 Å². The van der Waals surface area contributed by atoms with E-state index in [4.69, 9.17) is 0 Å². The molecule has 1 rings (SSSR count). The molecule has 114 valence electrons. The first-order valence-corrected chi connectivity index (χ1v) is 9.36. The summed E-state index contributed by atoms with van der Waals surface area (Å²) < 4.78 is 1.83. The molecule has 0 aliphatic heterocycles. The lowest BCUT2D eigenvalue weighted by Crippen LogP contribution is -2.51. The van der Waals surface area contributed by atoms with Gasteiger partial charge in [0.15, 0.2) is 8.68 Å². The van der Waals surface area contributed by atoms with E-state index in [2.05, 4.69) is 15.5 Å². The maximum Gasteiger partial charge on any atom is 0.323 e. The number of thioether (sulfide) groups is 2. The average molecular weight is 336 g/mol. The predicted molar refractivity (Wildman–Crippen MR) is 86.0 cm³/mol. The zero-order chi connectivity index (χ0) is 15.2. The lowest BCUT2D eigenvalue weighted by molar-refractivity contribution is -0.144. The first kappa shape index (κ1) is 17.7. The van der Waals surface area contributed by atoms with Crippen molar-refractivity contribution in [2.24, 2.45) is 0 Å². The van der Waals surface area contributed by atoms with Crippen molar-refractivity contribution in [1.82, 2.24) is 15.5 Å². The highest BCUT2D eigenvalue weighted by Crippen LogP contribution is 2.33. The standard InChI is InChI=1S/C12H21N3O2S3/c1-5-6-13-12(3,9(16)17)7-8(2)19-11-15-14-10(18-4)20-11/h8,13H,5-7H2,1-4H3,(H,16,17). The number of hydrogen-bond acceptors (Lipinski definition) is 7. The second-order valence-electron chi connectivity index (χ2n) is 4.73. The molecule has 0 bridgehead atoms. The Hall–Kier alpha value is -0.310. The highest BCUT2D eigenvalue weighted by atomic mass is 32.2. The molecule has 0 aromatic carbocycles. The molecule has 2 N–H and O–H groups in total. The summed E-state index contributed by atoms with van der Waals surface area (Å²) in [4.78, 5) is 11.5. The van der Waals surface area contributed by atoms with Gasteiger partial charge in [-0.2, -0.15) is 0 Å². The summed E-state index contributed by atoms with van der Waals surface area (Å²) in [6.45, 7) is 6.50. The largest absolute Gasteiger partial charge is 0.480 e. The van der Waals surface area contributed by atoms with Crippen molar-refractivity contribution in [3.05, 3.63) is 0 Å². The molecular formula is C12H21N3O2S3. The Labute approximate surface area is 132 Å². The fraction of sp³-hybridized carbons (Fsp3) is 0.750. The minimum Gasteiger partial charge on any atom is -0.480 e. The predicted octanol–water partition coefficient (Wildman–Crippen LogP) is 2.97. The van der Waals surface area contributed by atoms with Crippen LogP contribution in [0.4, 0.5) is 0 Å². The number of aliphatic carboxylic acids is 1. The summed E-state index contributed by atoms with van der Waals surface area (Å²) in [6.07, 6.45) is 3.42. The topological polar surface area (TPSA) is 75.1 Å². The number of carbonyl (C=O) groups is 1. The summed E-state index contributed by atoms with van der Waals surface area (Å²) >= 11 is 4.71. The molecule has 0 spiro atoms. The van der Waals surface area contributed by atoms with Crippen LogP contribution in [0.1, 0.15) is 33.6 Å². The second-order valence-corrected chi connectivity index (χ2v) is 8.45. The molecule has 0 radical (unpaired) electrons. The summed E-state index contributed by atoms with van der Waals surface area (Å²) in [7, 11) is 0. The number of nitrogens with one attached hydrogen (secondary N) is 1. The van der Waals surface area contributed by atoms with Gasteiger partial charge in [-0.25, -0.2) is 0 Å². The van der Waals surface area contributed by atoms with E-state index in [0.29, 0.717) is 13.0 Å². The molecule has 20 heavy (non-hydrogen) atoms. The SMILES string of the molecule is CCCNC(C)(CC(C)Sc1nnc(SC)s1)C(=O)O. The Morgan fingerprint density at radius 2 is 2.15 bits per heavy atom. The van der Waals surface area contributed by atoms with Gasteiger partial charge in [0, 0.05) is 5.25 Å². The smallest absolute Gasteiger partial charge is 0.323 e. The molecule has 8 heteroatoms. The number of carboxylic acids is 1. The van der Waals surface area contributed by atoms with Gasteiger partial charge in [0.05, 0.1) is 0 Å². The molecule has 0 saturated heterocycles. The normalized spacial score (nSPS) is 15.8. The van der Waals surface area contributed by atoms with Crippen molar-refractivity contribution in [2.45, 2.75) is 53.1 Å². The minimum absolute atomic E-state index is 0.156. The van der Waals surface area contributed by atoms with Crippen LogP contribution in [0.2, 0.25) is 0 Å². The van der Waals surface area contributed by atoms with Gasteiger partial charge in [-0.3, -0.25) is 4.79 Å². The second kappa shape index (κ2) is 8.21. The van der Waals surface area contributed by atoms with E-state index < -0.39 is 11.5 Å². The summed E-state index contributed by atoms with van der Waals surface area (Å²) in [5.41, 5.74) is -0.893. The molecule has 2 unspecified atom stereocenters. The van der Waals surface area contributed by atoms with Crippen LogP contribution < -0.4 is 5.32 Å². The number of aromatic nitrogens is 2. The summed E-state index contributed by atoms with van der Waals surface area (Å²) in [6, 6.07) is 0. The molecular weight excluding hydrogens is 314 g/mol. The van der Waals surface area contributed by atoms with Crippen LogP contribution in [0.3, 0.4) is 0 Å². The first-order valence-electron chi connectivity index (χ1n) is 6.44. The summed E-state index contributed by atoms with van der Waals surface area (Å²) in [5.74, 6) is -0.805. The van der Waals surface area contributed by atoms with Crippen LogP contribution in [-0.2, 0) is 4.79 Å². The maximum absolute atomic E-state index is 11.5. The fourth-order valence-corrected chi connectivity index (χ4v) is 4.69. The van der Waals surface area contributed by atoms with E-state index in [1.54, 1.807) is 41.8 Å². The van der Waals surface area contributed by atoms with E-state index in [0.717, 1.165) is 15.1 Å². The average Bonchev–Trinajstić information content (AvgIpc) is 2.83. The van der Waals surface area contributed by atoms with Crippen LogP contribution in [0, 0.1) is 0 Å². The van der Waals surface area contributed by atoms with Crippen molar-refractivity contribution in [2.75, 3.05) is 12.8 Å². The van der Waals surface area contributed by atoms with Crippen LogP contribution in [0.5, 0.6) is 0 Å². The third-order valence-electron chi connectivity index (χ3n) is 2.80. The molecule has 0 aliphatic carbocycles.